The largest absolute Gasteiger partial charge is 0.493 e. The van der Waals surface area contributed by atoms with E-state index < -0.39 is 0 Å². The number of aryl methyl sites for hydroxylation is 2. The second-order valence-corrected chi connectivity index (χ2v) is 7.63. The summed E-state index contributed by atoms with van der Waals surface area (Å²) in [6.07, 6.45) is 5.25. The Kier molecular flexibility index (Phi) is 4.89. The highest BCUT2D eigenvalue weighted by atomic mass is 16.5. The quantitative estimate of drug-likeness (QED) is 0.356. The molecule has 0 radical (unpaired) electrons. The molecule has 1 aliphatic carbocycles. The molecule has 4 aromatic rings. The van der Waals surface area contributed by atoms with Crippen molar-refractivity contribution in [2.75, 3.05) is 19.5 Å². The number of aromatic nitrogens is 3. The fourth-order valence-electron chi connectivity index (χ4n) is 4.19. The van der Waals surface area contributed by atoms with Gasteiger partial charge in [-0.05, 0) is 55.7 Å². The van der Waals surface area contributed by atoms with E-state index >= 15 is 0 Å². The maximum Gasteiger partial charge on any atom is 0.161 e. The lowest BCUT2D eigenvalue weighted by Crippen LogP contribution is -2.00. The van der Waals surface area contributed by atoms with Gasteiger partial charge in [-0.1, -0.05) is 11.2 Å². The van der Waals surface area contributed by atoms with Gasteiger partial charge in [0, 0.05) is 29.2 Å². The second kappa shape index (κ2) is 7.88. The van der Waals surface area contributed by atoms with Crippen molar-refractivity contribution in [2.45, 2.75) is 19.8 Å². The number of ether oxygens (including phenoxy) is 2. The molecule has 162 valence electrons. The Morgan fingerprint density at radius 3 is 2.69 bits per heavy atom. The van der Waals surface area contributed by atoms with Gasteiger partial charge in [-0.15, -0.1) is 0 Å². The molecule has 0 saturated heterocycles. The standard InChI is InChI=1S/C24H23N5O3/c1-14-23-27-22(16-5-9-20(31-2)21(13-16)32-3)24(29(23)11-10-25-14)26-17-6-7-18-15(12-17)4-8-19(18)28-30/h5-7,9-13,26,30H,4,8H2,1-3H3/b28-19-. The Morgan fingerprint density at radius 1 is 1.06 bits per heavy atom. The summed E-state index contributed by atoms with van der Waals surface area (Å²) in [7, 11) is 3.23. The van der Waals surface area contributed by atoms with E-state index in [0.717, 1.165) is 63.8 Å². The van der Waals surface area contributed by atoms with Gasteiger partial charge >= 0.3 is 0 Å². The van der Waals surface area contributed by atoms with Crippen LogP contribution in [0.3, 0.4) is 0 Å². The molecule has 5 rings (SSSR count). The molecule has 2 N–H and O–H groups in total. The van der Waals surface area contributed by atoms with Crippen LogP contribution in [0, 0.1) is 6.92 Å². The summed E-state index contributed by atoms with van der Waals surface area (Å²) >= 11 is 0. The van der Waals surface area contributed by atoms with E-state index in [9.17, 15) is 5.21 Å². The molecule has 2 aromatic carbocycles. The molecule has 0 amide bonds. The molecule has 2 heterocycles. The topological polar surface area (TPSA) is 93.3 Å². The van der Waals surface area contributed by atoms with Crippen LogP contribution in [0.2, 0.25) is 0 Å². The van der Waals surface area contributed by atoms with E-state index in [4.69, 9.17) is 14.5 Å². The number of hydrogen-bond donors (Lipinski definition) is 2. The summed E-state index contributed by atoms with van der Waals surface area (Å²) in [5.41, 5.74) is 7.09. The van der Waals surface area contributed by atoms with Gasteiger partial charge in [0.1, 0.15) is 11.5 Å². The summed E-state index contributed by atoms with van der Waals surface area (Å²) in [5, 5.41) is 16.2. The number of rotatable bonds is 5. The van der Waals surface area contributed by atoms with Crippen LogP contribution in [-0.2, 0) is 6.42 Å². The fraction of sp³-hybridized carbons (Fsp3) is 0.208. The molecule has 8 nitrogen and oxygen atoms in total. The summed E-state index contributed by atoms with van der Waals surface area (Å²) in [5.74, 6) is 2.12. The predicted octanol–water partition coefficient (Wildman–Crippen LogP) is 4.59. The molecule has 1 aliphatic rings. The molecule has 32 heavy (non-hydrogen) atoms. The van der Waals surface area contributed by atoms with Gasteiger partial charge in [0.2, 0.25) is 0 Å². The SMILES string of the molecule is COc1ccc(-c2nc3c(C)nccn3c2Nc2ccc3c(c2)CC/C3=N/O)cc1OC. The van der Waals surface area contributed by atoms with E-state index in [1.54, 1.807) is 20.4 Å². The first-order valence-corrected chi connectivity index (χ1v) is 10.3. The van der Waals surface area contributed by atoms with Crippen LogP contribution in [0.1, 0.15) is 23.2 Å². The minimum Gasteiger partial charge on any atom is -0.493 e. The average molecular weight is 429 g/mol. The predicted molar refractivity (Wildman–Crippen MR) is 123 cm³/mol. The number of fused-ring (bicyclic) bond motifs is 2. The number of imidazole rings is 1. The molecular formula is C24H23N5O3. The van der Waals surface area contributed by atoms with Crippen molar-refractivity contribution >= 4 is 22.9 Å². The molecule has 0 aliphatic heterocycles. The van der Waals surface area contributed by atoms with Crippen molar-refractivity contribution < 1.29 is 14.7 Å². The highest BCUT2D eigenvalue weighted by Gasteiger charge is 2.21. The van der Waals surface area contributed by atoms with Crippen LogP contribution >= 0.6 is 0 Å². The molecule has 8 heteroatoms. The highest BCUT2D eigenvalue weighted by molar-refractivity contribution is 6.04. The molecule has 0 spiro atoms. The summed E-state index contributed by atoms with van der Waals surface area (Å²) in [4.78, 5) is 9.29. The highest BCUT2D eigenvalue weighted by Crippen LogP contribution is 2.37. The smallest absolute Gasteiger partial charge is 0.161 e. The zero-order valence-corrected chi connectivity index (χ0v) is 18.1. The Labute approximate surface area is 185 Å². The maximum atomic E-state index is 9.21. The third-order valence-electron chi connectivity index (χ3n) is 5.81. The molecule has 0 fully saturated rings. The average Bonchev–Trinajstić information content (AvgIpc) is 3.40. The lowest BCUT2D eigenvalue weighted by atomic mass is 10.1. The van der Waals surface area contributed by atoms with Crippen LogP contribution in [0.15, 0.2) is 53.9 Å². The van der Waals surface area contributed by atoms with Crippen molar-refractivity contribution in [1.29, 1.82) is 0 Å². The number of nitrogens with one attached hydrogen (secondary N) is 1. The van der Waals surface area contributed by atoms with E-state index in [-0.39, 0.29) is 0 Å². The lowest BCUT2D eigenvalue weighted by Gasteiger charge is -2.12. The fourth-order valence-corrected chi connectivity index (χ4v) is 4.19. The monoisotopic (exact) mass is 429 g/mol. The van der Waals surface area contributed by atoms with Gasteiger partial charge in [-0.25, -0.2) is 4.98 Å². The zero-order chi connectivity index (χ0) is 22.2. The molecule has 0 atom stereocenters. The Morgan fingerprint density at radius 2 is 1.91 bits per heavy atom. The first kappa shape index (κ1) is 19.9. The minimum atomic E-state index is 0.635. The van der Waals surface area contributed by atoms with Crippen LogP contribution in [-0.4, -0.2) is 39.5 Å². The number of oxime groups is 1. The zero-order valence-electron chi connectivity index (χ0n) is 18.1. The first-order chi connectivity index (χ1) is 15.6. The van der Waals surface area contributed by atoms with E-state index in [1.807, 2.05) is 47.9 Å². The summed E-state index contributed by atoms with van der Waals surface area (Å²) < 4.78 is 12.9. The molecule has 2 aromatic heterocycles. The third-order valence-corrected chi connectivity index (χ3v) is 5.81. The molecule has 0 bridgehead atoms. The van der Waals surface area contributed by atoms with Crippen LogP contribution in [0.5, 0.6) is 11.5 Å². The molecule has 0 unspecified atom stereocenters. The van der Waals surface area contributed by atoms with Crippen molar-refractivity contribution in [3.63, 3.8) is 0 Å². The van der Waals surface area contributed by atoms with Gasteiger partial charge in [0.05, 0.1) is 25.6 Å². The molecular weight excluding hydrogens is 406 g/mol. The summed E-state index contributed by atoms with van der Waals surface area (Å²) in [6.45, 7) is 1.94. The van der Waals surface area contributed by atoms with Crippen molar-refractivity contribution in [2.24, 2.45) is 5.16 Å². The van der Waals surface area contributed by atoms with Crippen LogP contribution < -0.4 is 14.8 Å². The van der Waals surface area contributed by atoms with Crippen LogP contribution in [0.25, 0.3) is 16.9 Å². The van der Waals surface area contributed by atoms with Gasteiger partial charge in [0.15, 0.2) is 17.1 Å². The van der Waals surface area contributed by atoms with E-state index in [2.05, 4.69) is 21.5 Å². The normalized spacial score (nSPS) is 14.0. The van der Waals surface area contributed by atoms with E-state index in [0.29, 0.717) is 11.5 Å². The maximum absolute atomic E-state index is 9.21. The Hall–Kier alpha value is -4.07. The van der Waals surface area contributed by atoms with Crippen LogP contribution in [0.4, 0.5) is 11.5 Å². The molecule has 0 saturated carbocycles. The van der Waals surface area contributed by atoms with E-state index in [1.165, 1.54) is 0 Å². The lowest BCUT2D eigenvalue weighted by molar-refractivity contribution is 0.318. The summed E-state index contributed by atoms with van der Waals surface area (Å²) in [6, 6.07) is 11.8. The first-order valence-electron chi connectivity index (χ1n) is 10.3. The van der Waals surface area contributed by atoms with Crippen molar-refractivity contribution in [3.8, 4) is 22.8 Å². The number of anilines is 2. The number of methoxy groups -OCH3 is 2. The number of hydrogen-bond acceptors (Lipinski definition) is 7. The third kappa shape index (κ3) is 3.20. The number of nitrogens with zero attached hydrogens (tertiary/aromatic N) is 4. The van der Waals surface area contributed by atoms with Crippen molar-refractivity contribution in [3.05, 3.63) is 65.6 Å². The van der Waals surface area contributed by atoms with Gasteiger partial charge in [0.25, 0.3) is 0 Å². The van der Waals surface area contributed by atoms with Crippen molar-refractivity contribution in [1.82, 2.24) is 14.4 Å². The number of benzene rings is 2. The minimum absolute atomic E-state index is 0.635. The Balaban J connectivity index is 1.64. The van der Waals surface area contributed by atoms with Gasteiger partial charge in [-0.2, -0.15) is 0 Å². The van der Waals surface area contributed by atoms with Gasteiger partial charge < -0.3 is 20.0 Å². The Bertz CT molecular complexity index is 1360. The second-order valence-electron chi connectivity index (χ2n) is 7.63. The van der Waals surface area contributed by atoms with Gasteiger partial charge in [-0.3, -0.25) is 9.38 Å².